The molecule has 0 aliphatic carbocycles. The first-order valence-electron chi connectivity index (χ1n) is 7.02. The van der Waals surface area contributed by atoms with E-state index >= 15 is 0 Å². The lowest BCUT2D eigenvalue weighted by Gasteiger charge is -2.00. The van der Waals surface area contributed by atoms with Gasteiger partial charge in [0.05, 0.1) is 11.1 Å². The summed E-state index contributed by atoms with van der Waals surface area (Å²) in [5, 5.41) is 14.5. The van der Waals surface area contributed by atoms with Crippen LogP contribution in [-0.4, -0.2) is 23.6 Å². The number of nitrogens with two attached hydrogens (primary N) is 1. The Morgan fingerprint density at radius 1 is 1.17 bits per heavy atom. The molecule has 0 radical (unpaired) electrons. The highest BCUT2D eigenvalue weighted by atomic mass is 16.6. The van der Waals surface area contributed by atoms with Crippen molar-refractivity contribution in [2.24, 2.45) is 15.8 Å². The Morgan fingerprint density at radius 3 is 2.52 bits per heavy atom. The molecule has 0 aliphatic heterocycles. The molecule has 0 heterocycles. The minimum absolute atomic E-state index is 0.0390. The number of hydrazone groups is 1. The summed E-state index contributed by atoms with van der Waals surface area (Å²) in [6, 6.07) is 16.0. The van der Waals surface area contributed by atoms with Gasteiger partial charge in [0, 0.05) is 18.7 Å². The Kier molecular flexibility index (Phi) is 5.81. The van der Waals surface area contributed by atoms with Crippen molar-refractivity contribution >= 4 is 17.9 Å². The maximum Gasteiger partial charge on any atom is 0.269 e. The molecule has 0 aromatic heterocycles. The normalized spacial score (nSPS) is 11.6. The fourth-order valence-electron chi connectivity index (χ4n) is 1.84. The molecule has 0 fully saturated rings. The molecule has 118 valence electrons. The monoisotopic (exact) mass is 311 g/mol. The molecule has 3 N–H and O–H groups in total. The van der Waals surface area contributed by atoms with Gasteiger partial charge in [0.2, 0.25) is 5.96 Å². The lowest BCUT2D eigenvalue weighted by molar-refractivity contribution is -0.384. The molecule has 7 heteroatoms. The number of guanidine groups is 1. The average Bonchev–Trinajstić information content (AvgIpc) is 2.56. The molecule has 2 rings (SSSR count). The summed E-state index contributed by atoms with van der Waals surface area (Å²) in [6.07, 6.45) is 2.32. The molecule has 23 heavy (non-hydrogen) atoms. The number of nitrogens with zero attached hydrogens (tertiary/aromatic N) is 3. The summed E-state index contributed by atoms with van der Waals surface area (Å²) in [5.41, 5.74) is 10.3. The van der Waals surface area contributed by atoms with Crippen molar-refractivity contribution in [3.8, 4) is 0 Å². The Morgan fingerprint density at radius 2 is 1.87 bits per heavy atom. The van der Waals surface area contributed by atoms with Crippen molar-refractivity contribution < 1.29 is 4.92 Å². The second-order valence-corrected chi connectivity index (χ2v) is 4.72. The summed E-state index contributed by atoms with van der Waals surface area (Å²) < 4.78 is 0. The fraction of sp³-hybridized carbons (Fsp3) is 0.125. The van der Waals surface area contributed by atoms with E-state index in [1.54, 1.807) is 12.1 Å². The number of nitrogens with one attached hydrogen (secondary N) is 1. The largest absolute Gasteiger partial charge is 0.369 e. The van der Waals surface area contributed by atoms with Gasteiger partial charge in [0.25, 0.3) is 5.69 Å². The van der Waals surface area contributed by atoms with Gasteiger partial charge in [0.15, 0.2) is 0 Å². The van der Waals surface area contributed by atoms with Crippen LogP contribution in [0.15, 0.2) is 64.7 Å². The first kappa shape index (κ1) is 16.2. The standard InChI is InChI=1S/C16H17N5O2/c17-16(18-11-10-13-4-2-1-3-5-13)20-19-12-14-6-8-15(9-7-14)21(22)23/h1-9,12H,10-11H2,(H3,17,18,20)/b19-12+. The zero-order valence-electron chi connectivity index (χ0n) is 12.4. The highest BCUT2D eigenvalue weighted by Crippen LogP contribution is 2.10. The van der Waals surface area contributed by atoms with Gasteiger partial charge in [-0.3, -0.25) is 15.1 Å². The van der Waals surface area contributed by atoms with Gasteiger partial charge in [-0.15, -0.1) is 0 Å². The van der Waals surface area contributed by atoms with Gasteiger partial charge in [0.1, 0.15) is 0 Å². The first-order chi connectivity index (χ1) is 11.1. The predicted octanol–water partition coefficient (Wildman–Crippen LogP) is 2.08. The third-order valence-corrected chi connectivity index (χ3v) is 3.02. The number of aliphatic imine (C=N–C) groups is 1. The molecule has 0 saturated carbocycles. The highest BCUT2D eigenvalue weighted by molar-refractivity contribution is 5.83. The molecule has 0 aliphatic rings. The zero-order valence-corrected chi connectivity index (χ0v) is 12.4. The SMILES string of the molecule is NC(=NCCc1ccccc1)N/N=C/c1ccc([N+](=O)[O-])cc1. The molecule has 0 spiro atoms. The maximum absolute atomic E-state index is 10.5. The van der Waals surface area contributed by atoms with E-state index in [4.69, 9.17) is 5.73 Å². The summed E-state index contributed by atoms with van der Waals surface area (Å²) in [4.78, 5) is 14.3. The first-order valence-corrected chi connectivity index (χ1v) is 7.02. The maximum atomic E-state index is 10.5. The van der Waals surface area contributed by atoms with E-state index in [1.807, 2.05) is 30.3 Å². The van der Waals surface area contributed by atoms with Crippen LogP contribution in [0.4, 0.5) is 5.69 Å². The van der Waals surface area contributed by atoms with Crippen LogP contribution in [0.25, 0.3) is 0 Å². The van der Waals surface area contributed by atoms with Gasteiger partial charge >= 0.3 is 0 Å². The molecule has 0 amide bonds. The highest BCUT2D eigenvalue weighted by Gasteiger charge is 2.02. The summed E-state index contributed by atoms with van der Waals surface area (Å²) in [6.45, 7) is 0.565. The average molecular weight is 311 g/mol. The lowest BCUT2D eigenvalue weighted by Crippen LogP contribution is -2.27. The summed E-state index contributed by atoms with van der Waals surface area (Å²) in [5.74, 6) is 0.221. The fourth-order valence-corrected chi connectivity index (χ4v) is 1.84. The van der Waals surface area contributed by atoms with Crippen molar-refractivity contribution in [2.75, 3.05) is 6.54 Å². The molecule has 0 saturated heterocycles. The molecule has 7 nitrogen and oxygen atoms in total. The van der Waals surface area contributed by atoms with Crippen molar-refractivity contribution in [1.29, 1.82) is 0 Å². The third-order valence-electron chi connectivity index (χ3n) is 3.02. The van der Waals surface area contributed by atoms with E-state index in [0.717, 1.165) is 12.0 Å². The smallest absolute Gasteiger partial charge is 0.269 e. The summed E-state index contributed by atoms with van der Waals surface area (Å²) >= 11 is 0. The van der Waals surface area contributed by atoms with E-state index in [-0.39, 0.29) is 11.6 Å². The number of hydrogen-bond acceptors (Lipinski definition) is 4. The Balaban J connectivity index is 1.79. The van der Waals surface area contributed by atoms with Crippen molar-refractivity contribution in [3.05, 3.63) is 75.8 Å². The number of benzene rings is 2. The van der Waals surface area contributed by atoms with Crippen LogP contribution < -0.4 is 11.2 Å². The zero-order chi connectivity index (χ0) is 16.5. The molecule has 2 aromatic carbocycles. The van der Waals surface area contributed by atoms with Crippen LogP contribution in [0.1, 0.15) is 11.1 Å². The third kappa shape index (κ3) is 5.58. The molecule has 2 aromatic rings. The van der Waals surface area contributed by atoms with Crippen LogP contribution in [0, 0.1) is 10.1 Å². The van der Waals surface area contributed by atoms with E-state index in [2.05, 4.69) is 15.5 Å². The van der Waals surface area contributed by atoms with Crippen LogP contribution in [0.2, 0.25) is 0 Å². The molecular weight excluding hydrogens is 294 g/mol. The molecule has 0 bridgehead atoms. The minimum atomic E-state index is -0.448. The van der Waals surface area contributed by atoms with Crippen LogP contribution in [0.3, 0.4) is 0 Å². The number of hydrogen-bond donors (Lipinski definition) is 2. The van der Waals surface area contributed by atoms with Crippen molar-refractivity contribution in [3.63, 3.8) is 0 Å². The number of rotatable bonds is 6. The van der Waals surface area contributed by atoms with Crippen LogP contribution in [0.5, 0.6) is 0 Å². The van der Waals surface area contributed by atoms with Crippen LogP contribution in [-0.2, 0) is 6.42 Å². The van der Waals surface area contributed by atoms with Gasteiger partial charge in [-0.05, 0) is 29.7 Å². The van der Waals surface area contributed by atoms with E-state index in [9.17, 15) is 10.1 Å². The van der Waals surface area contributed by atoms with E-state index in [1.165, 1.54) is 23.9 Å². The number of nitro benzene ring substituents is 1. The van der Waals surface area contributed by atoms with Gasteiger partial charge in [-0.25, -0.2) is 5.43 Å². The second kappa shape index (κ2) is 8.28. The minimum Gasteiger partial charge on any atom is -0.369 e. The molecular formula is C16H17N5O2. The Labute approximate surface area is 133 Å². The van der Waals surface area contributed by atoms with E-state index in [0.29, 0.717) is 6.54 Å². The molecule has 0 atom stereocenters. The quantitative estimate of drug-likeness (QED) is 0.368. The predicted molar refractivity (Wildman–Crippen MR) is 90.5 cm³/mol. The Hall–Kier alpha value is -3.22. The Bertz CT molecular complexity index is 696. The summed E-state index contributed by atoms with van der Waals surface area (Å²) in [7, 11) is 0. The van der Waals surface area contributed by atoms with Gasteiger partial charge < -0.3 is 5.73 Å². The number of nitro groups is 1. The molecule has 0 unspecified atom stereocenters. The number of non-ortho nitro benzene ring substituents is 1. The lowest BCUT2D eigenvalue weighted by atomic mass is 10.2. The van der Waals surface area contributed by atoms with Gasteiger partial charge in [-0.2, -0.15) is 5.10 Å². The van der Waals surface area contributed by atoms with Crippen molar-refractivity contribution in [1.82, 2.24) is 5.43 Å². The van der Waals surface area contributed by atoms with E-state index < -0.39 is 4.92 Å². The van der Waals surface area contributed by atoms with Crippen molar-refractivity contribution in [2.45, 2.75) is 6.42 Å². The topological polar surface area (TPSA) is 106 Å². The van der Waals surface area contributed by atoms with Gasteiger partial charge in [-0.1, -0.05) is 30.3 Å². The van der Waals surface area contributed by atoms with Crippen LogP contribution >= 0.6 is 0 Å². The second-order valence-electron chi connectivity index (χ2n) is 4.72.